The smallest absolute Gasteiger partial charge is 0.119 e. The van der Waals surface area contributed by atoms with Crippen molar-refractivity contribution >= 4 is 16.5 Å². The van der Waals surface area contributed by atoms with E-state index in [4.69, 9.17) is 0 Å². The van der Waals surface area contributed by atoms with Crippen LogP contribution >= 0.6 is 0 Å². The van der Waals surface area contributed by atoms with Crippen molar-refractivity contribution < 1.29 is 0 Å². The summed E-state index contributed by atoms with van der Waals surface area (Å²) in [4.78, 5) is 0. The molecule has 138 valence electrons. The summed E-state index contributed by atoms with van der Waals surface area (Å²) in [5, 5.41) is 0. The molecule has 0 N–H and O–H groups in total. The highest BCUT2D eigenvalue weighted by molar-refractivity contribution is 6.73. The minimum absolute atomic E-state index is 0.611. The van der Waals surface area contributed by atoms with Gasteiger partial charge in [-0.05, 0) is 23.2 Å². The molecule has 1 aromatic carbocycles. The van der Waals surface area contributed by atoms with E-state index in [1.54, 1.807) is 0 Å². The molecule has 0 heterocycles. The lowest BCUT2D eigenvalue weighted by molar-refractivity contribution is 0.344. The lowest BCUT2D eigenvalue weighted by atomic mass is 10.1. The van der Waals surface area contributed by atoms with E-state index in [1.165, 1.54) is 11.1 Å². The van der Waals surface area contributed by atoms with Crippen molar-refractivity contribution in [3.8, 4) is 0 Å². The molecule has 4 heteroatoms. The number of rotatable bonds is 8. The van der Waals surface area contributed by atoms with Crippen LogP contribution in [0, 0.1) is 0 Å². The summed E-state index contributed by atoms with van der Waals surface area (Å²) < 4.78 is 5.40. The van der Waals surface area contributed by atoms with E-state index >= 15 is 0 Å². The summed E-state index contributed by atoms with van der Waals surface area (Å²) in [6.07, 6.45) is 0. The number of benzene rings is 1. The molecule has 0 aliphatic heterocycles. The molecule has 1 aromatic rings. The standard InChI is InChI=1S/C20H40N2Si2/c1-17(2)21(23(5,6)7)15-19-11-13-20(14-12-19)16-22(18(3)4)24(8,9)10/h11-14,17-18H,15-16H2,1-10H3. The third kappa shape index (κ3) is 6.47. The Labute approximate surface area is 153 Å². The third-order valence-corrected chi connectivity index (χ3v) is 9.49. The fourth-order valence-corrected chi connectivity index (χ4v) is 7.94. The molecule has 0 amide bonds. The van der Waals surface area contributed by atoms with Crippen LogP contribution in [0.25, 0.3) is 0 Å². The van der Waals surface area contributed by atoms with Crippen LogP contribution in [0.3, 0.4) is 0 Å². The van der Waals surface area contributed by atoms with Gasteiger partial charge in [0.2, 0.25) is 0 Å². The van der Waals surface area contributed by atoms with Crippen molar-refractivity contribution in [3.63, 3.8) is 0 Å². The second kappa shape index (κ2) is 8.30. The van der Waals surface area contributed by atoms with Crippen LogP contribution in [-0.4, -0.2) is 37.7 Å². The first-order valence-electron chi connectivity index (χ1n) is 9.43. The zero-order valence-corrected chi connectivity index (χ0v) is 19.8. The molecular weight excluding hydrogens is 324 g/mol. The van der Waals surface area contributed by atoms with E-state index in [9.17, 15) is 0 Å². The van der Waals surface area contributed by atoms with Crippen molar-refractivity contribution in [2.24, 2.45) is 0 Å². The highest BCUT2D eigenvalue weighted by atomic mass is 28.3. The second-order valence-electron chi connectivity index (χ2n) is 9.60. The van der Waals surface area contributed by atoms with Crippen LogP contribution in [0.1, 0.15) is 38.8 Å². The summed E-state index contributed by atoms with van der Waals surface area (Å²) in [7, 11) is -2.56. The zero-order chi connectivity index (χ0) is 18.7. The van der Waals surface area contributed by atoms with Crippen molar-refractivity contribution in [2.45, 2.75) is 92.2 Å². The molecule has 0 saturated carbocycles. The van der Waals surface area contributed by atoms with Crippen LogP contribution in [-0.2, 0) is 13.1 Å². The minimum Gasteiger partial charge on any atom is -0.318 e. The maximum absolute atomic E-state index is 2.70. The van der Waals surface area contributed by atoms with Crippen LogP contribution in [0.5, 0.6) is 0 Å². The van der Waals surface area contributed by atoms with Crippen LogP contribution in [0.15, 0.2) is 24.3 Å². The third-order valence-electron chi connectivity index (χ3n) is 4.70. The van der Waals surface area contributed by atoms with Crippen molar-refractivity contribution in [1.29, 1.82) is 0 Å². The molecule has 24 heavy (non-hydrogen) atoms. The van der Waals surface area contributed by atoms with Gasteiger partial charge in [-0.2, -0.15) is 0 Å². The van der Waals surface area contributed by atoms with Gasteiger partial charge in [-0.15, -0.1) is 0 Å². The van der Waals surface area contributed by atoms with Crippen molar-refractivity contribution in [2.75, 3.05) is 0 Å². The van der Waals surface area contributed by atoms with Gasteiger partial charge in [0, 0.05) is 13.1 Å². The van der Waals surface area contributed by atoms with Crippen molar-refractivity contribution in [1.82, 2.24) is 9.13 Å². The summed E-state index contributed by atoms with van der Waals surface area (Å²) >= 11 is 0. The Hall–Kier alpha value is -0.426. The molecule has 0 atom stereocenters. The number of hydrogen-bond donors (Lipinski definition) is 0. The van der Waals surface area contributed by atoms with E-state index in [1.807, 2.05) is 0 Å². The molecule has 0 aliphatic rings. The Morgan fingerprint density at radius 1 is 0.625 bits per heavy atom. The van der Waals surface area contributed by atoms with E-state index in [-0.39, 0.29) is 0 Å². The van der Waals surface area contributed by atoms with Crippen LogP contribution in [0.4, 0.5) is 0 Å². The van der Waals surface area contributed by atoms with Gasteiger partial charge in [-0.3, -0.25) is 0 Å². The molecule has 0 bridgehead atoms. The maximum atomic E-state index is 2.70. The molecule has 0 aromatic heterocycles. The molecule has 0 fully saturated rings. The first-order chi connectivity index (χ1) is 10.8. The predicted octanol–water partition coefficient (Wildman–Crippen LogP) is 5.78. The van der Waals surface area contributed by atoms with Gasteiger partial charge < -0.3 is 9.13 Å². The molecule has 0 saturated heterocycles. The fourth-order valence-electron chi connectivity index (χ4n) is 3.53. The van der Waals surface area contributed by atoms with Gasteiger partial charge in [0.25, 0.3) is 0 Å². The van der Waals surface area contributed by atoms with Gasteiger partial charge in [0.05, 0.1) is 0 Å². The summed E-state index contributed by atoms with van der Waals surface area (Å²) in [5.74, 6) is 0. The molecule has 0 unspecified atom stereocenters. The highest BCUT2D eigenvalue weighted by Crippen LogP contribution is 2.21. The monoisotopic (exact) mass is 364 g/mol. The van der Waals surface area contributed by atoms with E-state index in [0.29, 0.717) is 12.1 Å². The topological polar surface area (TPSA) is 6.48 Å². The minimum atomic E-state index is -1.28. The second-order valence-corrected chi connectivity index (χ2v) is 19.4. The molecule has 0 aliphatic carbocycles. The number of nitrogens with zero attached hydrogens (tertiary/aromatic N) is 2. The van der Waals surface area contributed by atoms with Crippen LogP contribution < -0.4 is 0 Å². The SMILES string of the molecule is CC(C)N(Cc1ccc(CN(C(C)C)[Si](C)(C)C)cc1)[Si](C)(C)C. The van der Waals surface area contributed by atoms with E-state index in [0.717, 1.165) is 13.1 Å². The molecule has 1 rings (SSSR count). The largest absolute Gasteiger partial charge is 0.318 e. The van der Waals surface area contributed by atoms with Gasteiger partial charge in [0.1, 0.15) is 16.5 Å². The summed E-state index contributed by atoms with van der Waals surface area (Å²) in [6, 6.07) is 10.6. The average Bonchev–Trinajstić information content (AvgIpc) is 2.40. The molecule has 2 nitrogen and oxygen atoms in total. The Morgan fingerprint density at radius 2 is 0.875 bits per heavy atom. The highest BCUT2D eigenvalue weighted by Gasteiger charge is 2.27. The van der Waals surface area contributed by atoms with Crippen molar-refractivity contribution in [3.05, 3.63) is 35.4 Å². The Kier molecular flexibility index (Phi) is 7.48. The van der Waals surface area contributed by atoms with Gasteiger partial charge in [-0.25, -0.2) is 0 Å². The fraction of sp³-hybridized carbons (Fsp3) is 0.700. The van der Waals surface area contributed by atoms with Gasteiger partial charge in [-0.1, -0.05) is 91.2 Å². The first kappa shape index (κ1) is 21.6. The quantitative estimate of drug-likeness (QED) is 0.540. The normalized spacial score (nSPS) is 13.6. The van der Waals surface area contributed by atoms with Gasteiger partial charge in [0.15, 0.2) is 0 Å². The lowest BCUT2D eigenvalue weighted by Crippen LogP contribution is -2.49. The Balaban J connectivity index is 2.86. The van der Waals surface area contributed by atoms with Gasteiger partial charge >= 0.3 is 0 Å². The lowest BCUT2D eigenvalue weighted by Gasteiger charge is -2.38. The molecular formula is C20H40N2Si2. The maximum Gasteiger partial charge on any atom is 0.119 e. The number of hydrogen-bond acceptors (Lipinski definition) is 2. The molecule has 0 radical (unpaired) electrons. The molecule has 0 spiro atoms. The Morgan fingerprint density at radius 3 is 1.04 bits per heavy atom. The van der Waals surface area contributed by atoms with E-state index in [2.05, 4.69) is 100 Å². The average molecular weight is 365 g/mol. The predicted molar refractivity (Wildman–Crippen MR) is 114 cm³/mol. The Bertz CT molecular complexity index is 449. The van der Waals surface area contributed by atoms with Crippen LogP contribution in [0.2, 0.25) is 39.3 Å². The summed E-state index contributed by atoms with van der Waals surface area (Å²) in [6.45, 7) is 26.1. The van der Waals surface area contributed by atoms with E-state index < -0.39 is 16.5 Å². The summed E-state index contributed by atoms with van der Waals surface area (Å²) in [5.41, 5.74) is 2.89. The first-order valence-corrected chi connectivity index (χ1v) is 16.3. The zero-order valence-electron chi connectivity index (χ0n) is 17.8.